The summed E-state index contributed by atoms with van der Waals surface area (Å²) in [7, 11) is 0. The summed E-state index contributed by atoms with van der Waals surface area (Å²) in [5.74, 6) is -0.885. The number of hydrogen-bond acceptors (Lipinski definition) is 6. The zero-order valence-electron chi connectivity index (χ0n) is 44.7. The van der Waals surface area contributed by atoms with Gasteiger partial charge in [0.05, 0.1) is 0 Å². The lowest BCUT2D eigenvalue weighted by atomic mass is 10.0. The van der Waals surface area contributed by atoms with E-state index in [0.29, 0.717) is 19.3 Å². The fourth-order valence-electron chi connectivity index (χ4n) is 8.39. The minimum Gasteiger partial charge on any atom is -0.462 e. The van der Waals surface area contributed by atoms with Crippen molar-refractivity contribution in [2.24, 2.45) is 0 Å². The molecule has 1 unspecified atom stereocenters. The van der Waals surface area contributed by atoms with Crippen molar-refractivity contribution in [1.82, 2.24) is 0 Å². The molecule has 0 saturated heterocycles. The zero-order chi connectivity index (χ0) is 48.6. The molecule has 0 aromatic carbocycles. The van der Waals surface area contributed by atoms with Gasteiger partial charge in [0.15, 0.2) is 6.10 Å². The Hall–Kier alpha value is -2.63. The van der Waals surface area contributed by atoms with Gasteiger partial charge in [-0.3, -0.25) is 14.4 Å². The highest BCUT2D eigenvalue weighted by Crippen LogP contribution is 2.16. The van der Waals surface area contributed by atoms with Crippen molar-refractivity contribution in [3.05, 3.63) is 48.6 Å². The fraction of sp³-hybridized carbons (Fsp3) is 0.820. The van der Waals surface area contributed by atoms with Crippen LogP contribution in [0.25, 0.3) is 0 Å². The molecule has 0 fully saturated rings. The highest BCUT2D eigenvalue weighted by molar-refractivity contribution is 5.71. The molecule has 0 saturated carbocycles. The molecule has 0 aliphatic carbocycles. The zero-order valence-corrected chi connectivity index (χ0v) is 44.7. The molecule has 0 heterocycles. The maximum atomic E-state index is 12.9. The standard InChI is InChI=1S/C61H110O6/c1-4-7-10-13-16-19-22-25-27-29-31-33-36-39-42-45-48-51-54-60(63)66-57-58(56-65-59(62)53-50-47-44-41-38-35-24-21-18-15-12-9-6-3)67-61(64)55-52-49-46-43-40-37-34-32-30-28-26-23-20-17-14-11-8-5-2/h12,15,19,21-22,24,27,29,58H,4-11,13-14,16-18,20,23,25-26,28,30-57H2,1-3H3/b15-12-,22-19-,24-21-,29-27-. The maximum absolute atomic E-state index is 12.9. The number of esters is 3. The summed E-state index contributed by atoms with van der Waals surface area (Å²) in [5, 5.41) is 0. The van der Waals surface area contributed by atoms with E-state index in [9.17, 15) is 14.4 Å². The minimum absolute atomic E-state index is 0.0791. The van der Waals surface area contributed by atoms with Crippen LogP contribution in [-0.2, 0) is 28.6 Å². The molecule has 0 N–H and O–H groups in total. The Morgan fingerprint density at radius 3 is 0.896 bits per heavy atom. The first-order chi connectivity index (χ1) is 33.0. The number of carbonyl (C=O) groups is 3. The van der Waals surface area contributed by atoms with Crippen molar-refractivity contribution in [2.75, 3.05) is 13.2 Å². The van der Waals surface area contributed by atoms with Crippen molar-refractivity contribution >= 4 is 17.9 Å². The molecule has 0 aromatic rings. The van der Waals surface area contributed by atoms with Gasteiger partial charge in [0.2, 0.25) is 0 Å². The van der Waals surface area contributed by atoms with Crippen molar-refractivity contribution in [3.8, 4) is 0 Å². The largest absolute Gasteiger partial charge is 0.462 e. The molecule has 0 radical (unpaired) electrons. The number of hydrogen-bond donors (Lipinski definition) is 0. The van der Waals surface area contributed by atoms with E-state index in [1.54, 1.807) is 0 Å². The Labute approximate surface area is 416 Å². The summed E-state index contributed by atoms with van der Waals surface area (Å²) in [6.07, 6.45) is 68.1. The van der Waals surface area contributed by atoms with E-state index in [1.807, 2.05) is 0 Å². The van der Waals surface area contributed by atoms with Gasteiger partial charge in [0.1, 0.15) is 13.2 Å². The van der Waals surface area contributed by atoms with E-state index < -0.39 is 6.10 Å². The molecule has 390 valence electrons. The molecule has 6 heteroatoms. The molecule has 1 atom stereocenters. The van der Waals surface area contributed by atoms with Gasteiger partial charge in [0.25, 0.3) is 0 Å². The normalized spacial score (nSPS) is 12.3. The van der Waals surface area contributed by atoms with Crippen LogP contribution in [0.4, 0.5) is 0 Å². The molecule has 67 heavy (non-hydrogen) atoms. The SMILES string of the molecule is CCC/C=C\C/C=C\CCCCCCCC(=O)OCC(COC(=O)CCCCCCCCC/C=C\C/C=C\CCCCCC)OC(=O)CCCCCCCCCCCCCCCCCCCC. The summed E-state index contributed by atoms with van der Waals surface area (Å²) < 4.78 is 16.9. The lowest BCUT2D eigenvalue weighted by Gasteiger charge is -2.18. The van der Waals surface area contributed by atoms with Crippen molar-refractivity contribution in [2.45, 2.75) is 309 Å². The topological polar surface area (TPSA) is 78.9 Å². The highest BCUT2D eigenvalue weighted by Gasteiger charge is 2.19. The van der Waals surface area contributed by atoms with Gasteiger partial charge in [0, 0.05) is 19.3 Å². The monoisotopic (exact) mass is 939 g/mol. The van der Waals surface area contributed by atoms with Gasteiger partial charge in [-0.25, -0.2) is 0 Å². The molecule has 0 bridgehead atoms. The van der Waals surface area contributed by atoms with E-state index in [4.69, 9.17) is 14.2 Å². The molecular weight excluding hydrogens is 829 g/mol. The van der Waals surface area contributed by atoms with Crippen molar-refractivity contribution in [3.63, 3.8) is 0 Å². The quantitative estimate of drug-likeness (QED) is 0.0262. The van der Waals surface area contributed by atoms with Crippen LogP contribution in [0.15, 0.2) is 48.6 Å². The molecule has 0 aromatic heterocycles. The van der Waals surface area contributed by atoms with Crippen LogP contribution >= 0.6 is 0 Å². The molecule has 6 nitrogen and oxygen atoms in total. The first-order valence-electron chi connectivity index (χ1n) is 29.1. The van der Waals surface area contributed by atoms with Crippen LogP contribution < -0.4 is 0 Å². The fourth-order valence-corrected chi connectivity index (χ4v) is 8.39. The number of allylic oxidation sites excluding steroid dienone is 8. The van der Waals surface area contributed by atoms with Gasteiger partial charge in [-0.1, -0.05) is 256 Å². The third-order valence-electron chi connectivity index (χ3n) is 12.8. The van der Waals surface area contributed by atoms with Gasteiger partial charge >= 0.3 is 17.9 Å². The van der Waals surface area contributed by atoms with Crippen molar-refractivity contribution < 1.29 is 28.6 Å². The van der Waals surface area contributed by atoms with Crippen LogP contribution in [0.5, 0.6) is 0 Å². The Balaban J connectivity index is 4.35. The minimum atomic E-state index is -0.780. The molecule has 0 amide bonds. The average Bonchev–Trinajstić information content (AvgIpc) is 3.33. The smallest absolute Gasteiger partial charge is 0.306 e. The first kappa shape index (κ1) is 64.4. The first-order valence-corrected chi connectivity index (χ1v) is 29.1. The second-order valence-electron chi connectivity index (χ2n) is 19.6. The van der Waals surface area contributed by atoms with Crippen molar-refractivity contribution in [1.29, 1.82) is 0 Å². The third kappa shape index (κ3) is 54.2. The van der Waals surface area contributed by atoms with Gasteiger partial charge in [-0.05, 0) is 77.0 Å². The van der Waals surface area contributed by atoms with Gasteiger partial charge < -0.3 is 14.2 Å². The lowest BCUT2D eigenvalue weighted by Crippen LogP contribution is -2.30. The van der Waals surface area contributed by atoms with Crippen LogP contribution in [0.3, 0.4) is 0 Å². The second kappa shape index (κ2) is 56.0. The van der Waals surface area contributed by atoms with Crippen LogP contribution in [-0.4, -0.2) is 37.2 Å². The van der Waals surface area contributed by atoms with E-state index in [1.165, 1.54) is 167 Å². The number of rotatable bonds is 53. The Morgan fingerprint density at radius 2 is 0.567 bits per heavy atom. The van der Waals surface area contributed by atoms with E-state index in [-0.39, 0.29) is 31.1 Å². The van der Waals surface area contributed by atoms with Gasteiger partial charge in [-0.15, -0.1) is 0 Å². The predicted octanol–water partition coefficient (Wildman–Crippen LogP) is 19.4. The highest BCUT2D eigenvalue weighted by atomic mass is 16.6. The van der Waals surface area contributed by atoms with E-state index in [0.717, 1.165) is 96.3 Å². The summed E-state index contributed by atoms with van der Waals surface area (Å²) in [6, 6.07) is 0. The molecule has 0 aliphatic heterocycles. The van der Waals surface area contributed by atoms with Crippen LogP contribution in [0, 0.1) is 0 Å². The predicted molar refractivity (Wildman–Crippen MR) is 289 cm³/mol. The Morgan fingerprint density at radius 1 is 0.299 bits per heavy atom. The summed E-state index contributed by atoms with van der Waals surface area (Å²) in [5.41, 5.74) is 0. The number of carbonyl (C=O) groups excluding carboxylic acids is 3. The maximum Gasteiger partial charge on any atom is 0.306 e. The second-order valence-corrected chi connectivity index (χ2v) is 19.6. The van der Waals surface area contributed by atoms with Gasteiger partial charge in [-0.2, -0.15) is 0 Å². The summed E-state index contributed by atoms with van der Waals surface area (Å²) >= 11 is 0. The number of unbranched alkanes of at least 4 members (excludes halogenated alkanes) is 34. The Kier molecular flexibility index (Phi) is 53.8. The van der Waals surface area contributed by atoms with E-state index in [2.05, 4.69) is 69.4 Å². The molecule has 0 spiro atoms. The lowest BCUT2D eigenvalue weighted by molar-refractivity contribution is -0.167. The third-order valence-corrected chi connectivity index (χ3v) is 12.8. The van der Waals surface area contributed by atoms with Crippen LogP contribution in [0.2, 0.25) is 0 Å². The molecule has 0 aliphatic rings. The summed E-state index contributed by atoms with van der Waals surface area (Å²) in [4.78, 5) is 38.1. The number of ether oxygens (including phenoxy) is 3. The molecular formula is C61H110O6. The Bertz CT molecular complexity index is 1170. The summed E-state index contributed by atoms with van der Waals surface area (Å²) in [6.45, 7) is 6.58. The van der Waals surface area contributed by atoms with Crippen LogP contribution in [0.1, 0.15) is 303 Å². The average molecular weight is 940 g/mol. The van der Waals surface area contributed by atoms with E-state index >= 15 is 0 Å². The molecule has 0 rings (SSSR count).